The second kappa shape index (κ2) is 14.7. The van der Waals surface area contributed by atoms with Crippen molar-refractivity contribution in [3.63, 3.8) is 0 Å². The first-order valence-corrected chi connectivity index (χ1v) is 15.4. The molecular weight excluding hydrogens is 572 g/mol. The molecule has 6 N–H and O–H groups in total. The Morgan fingerprint density at radius 1 is 1.02 bits per heavy atom. The van der Waals surface area contributed by atoms with Crippen molar-refractivity contribution >= 4 is 29.5 Å². The van der Waals surface area contributed by atoms with Gasteiger partial charge in [0.05, 0.1) is 18.6 Å². The van der Waals surface area contributed by atoms with Crippen molar-refractivity contribution in [3.05, 3.63) is 89.5 Å². The van der Waals surface area contributed by atoms with Crippen LogP contribution in [0.15, 0.2) is 71.9 Å². The summed E-state index contributed by atoms with van der Waals surface area (Å²) >= 11 is 0. The first-order valence-electron chi connectivity index (χ1n) is 15.4. The van der Waals surface area contributed by atoms with Gasteiger partial charge in [0.15, 0.2) is 11.8 Å². The summed E-state index contributed by atoms with van der Waals surface area (Å²) in [5.74, 6) is -0.990. The maximum atomic E-state index is 13.6. The highest BCUT2D eigenvalue weighted by Crippen LogP contribution is 2.29. The van der Waals surface area contributed by atoms with Crippen molar-refractivity contribution < 1.29 is 19.2 Å². The van der Waals surface area contributed by atoms with Crippen molar-refractivity contribution in [3.8, 4) is 0 Å². The summed E-state index contributed by atoms with van der Waals surface area (Å²) < 4.78 is 0. The first-order chi connectivity index (χ1) is 21.8. The molecule has 236 valence electrons. The van der Waals surface area contributed by atoms with Gasteiger partial charge in [0.25, 0.3) is 0 Å². The van der Waals surface area contributed by atoms with Gasteiger partial charge in [0.1, 0.15) is 6.04 Å². The molecule has 0 bridgehead atoms. The largest absolute Gasteiger partial charge is 0.370 e. The van der Waals surface area contributed by atoms with Crippen molar-refractivity contribution in [2.24, 2.45) is 16.5 Å². The van der Waals surface area contributed by atoms with Crippen LogP contribution in [0.4, 0.5) is 0 Å². The zero-order valence-corrected chi connectivity index (χ0v) is 25.2. The van der Waals surface area contributed by atoms with Gasteiger partial charge < -0.3 is 31.6 Å². The Hall–Kier alpha value is -5.00. The molecule has 3 atom stereocenters. The standard InChI is InChI=1S/C33H40N8O4/c34-33(35)36-17-7-12-26(30(44)31-37-19-24(38-31)18-23-10-5-2-6-11-23)39-32(45)27-15-14-25-20-40(21-29(43)41(25)27)28(42)16-13-22-8-3-1-4-9-22/h1-6,8-11,19,25-27H,7,12-18,20-21H2,(H,37,38)(H,39,45)(H4,34,35,36)/t25-,26?,27?/m0/s1. The van der Waals surface area contributed by atoms with Crippen LogP contribution in [0, 0.1) is 0 Å². The van der Waals surface area contributed by atoms with E-state index >= 15 is 0 Å². The van der Waals surface area contributed by atoms with Gasteiger partial charge in [-0.1, -0.05) is 60.7 Å². The number of guanidine groups is 1. The molecule has 3 amide bonds. The van der Waals surface area contributed by atoms with Gasteiger partial charge in [-0.3, -0.25) is 24.2 Å². The number of rotatable bonds is 13. The first kappa shape index (κ1) is 31.4. The number of Topliss-reactive ketones (excluding diaryl/α,β-unsaturated/α-hetero) is 1. The number of ketones is 1. The van der Waals surface area contributed by atoms with Gasteiger partial charge in [0.2, 0.25) is 23.5 Å². The van der Waals surface area contributed by atoms with E-state index in [0.29, 0.717) is 51.6 Å². The van der Waals surface area contributed by atoms with Crippen LogP contribution in [0.5, 0.6) is 0 Å². The molecule has 3 aromatic rings. The fourth-order valence-corrected chi connectivity index (χ4v) is 6.10. The third-order valence-electron chi connectivity index (χ3n) is 8.35. The van der Waals surface area contributed by atoms with E-state index in [1.54, 1.807) is 16.0 Å². The normalized spacial score (nSPS) is 18.3. The number of hydrogen-bond acceptors (Lipinski definition) is 6. The molecule has 0 radical (unpaired) electrons. The van der Waals surface area contributed by atoms with E-state index < -0.39 is 18.0 Å². The molecule has 2 unspecified atom stereocenters. The van der Waals surface area contributed by atoms with Gasteiger partial charge in [-0.05, 0) is 43.2 Å². The highest BCUT2D eigenvalue weighted by Gasteiger charge is 2.46. The number of benzene rings is 2. The smallest absolute Gasteiger partial charge is 0.243 e. The minimum Gasteiger partial charge on any atom is -0.370 e. The molecule has 0 saturated carbocycles. The quantitative estimate of drug-likeness (QED) is 0.0978. The van der Waals surface area contributed by atoms with E-state index in [4.69, 9.17) is 11.5 Å². The van der Waals surface area contributed by atoms with Crippen molar-refractivity contribution in [1.82, 2.24) is 25.1 Å². The molecular formula is C33H40N8O4. The van der Waals surface area contributed by atoms with Crippen LogP contribution in [-0.4, -0.2) is 87.0 Å². The summed E-state index contributed by atoms with van der Waals surface area (Å²) in [5.41, 5.74) is 13.8. The number of aromatic nitrogens is 2. The molecule has 2 saturated heterocycles. The average molecular weight is 613 g/mol. The molecule has 2 aromatic carbocycles. The second-order valence-corrected chi connectivity index (χ2v) is 11.6. The number of fused-ring (bicyclic) bond motifs is 1. The Morgan fingerprint density at radius 3 is 2.44 bits per heavy atom. The number of carbonyl (C=O) groups is 4. The molecule has 5 rings (SSSR count). The molecule has 12 heteroatoms. The van der Waals surface area contributed by atoms with E-state index in [1.165, 1.54) is 0 Å². The minimum absolute atomic E-state index is 0.0494. The monoisotopic (exact) mass is 612 g/mol. The van der Waals surface area contributed by atoms with E-state index in [-0.39, 0.29) is 48.4 Å². The Bertz CT molecular complexity index is 1520. The Morgan fingerprint density at radius 2 is 1.73 bits per heavy atom. The maximum Gasteiger partial charge on any atom is 0.243 e. The lowest BCUT2D eigenvalue weighted by molar-refractivity contribution is -0.151. The number of H-pyrrole nitrogens is 1. The molecule has 2 aliphatic rings. The van der Waals surface area contributed by atoms with Gasteiger partial charge in [-0.25, -0.2) is 4.98 Å². The molecule has 0 aliphatic carbocycles. The van der Waals surface area contributed by atoms with Gasteiger partial charge in [-0.15, -0.1) is 0 Å². The number of amides is 3. The number of nitrogens with zero attached hydrogens (tertiary/aromatic N) is 4. The number of aromatic amines is 1. The molecule has 2 aliphatic heterocycles. The van der Waals surface area contributed by atoms with Crippen molar-refractivity contribution in [2.75, 3.05) is 19.6 Å². The fourth-order valence-electron chi connectivity index (χ4n) is 6.10. The summed E-state index contributed by atoms with van der Waals surface area (Å²) in [6.45, 7) is 0.621. The molecule has 0 spiro atoms. The van der Waals surface area contributed by atoms with Crippen molar-refractivity contribution in [2.45, 2.75) is 63.1 Å². The Kier molecular flexibility index (Phi) is 10.2. The number of nitrogens with one attached hydrogen (secondary N) is 2. The van der Waals surface area contributed by atoms with Crippen molar-refractivity contribution in [1.29, 1.82) is 0 Å². The lowest BCUT2D eigenvalue weighted by Crippen LogP contribution is -2.60. The number of nitrogens with two attached hydrogens (primary N) is 2. The number of piperazine rings is 1. The zero-order chi connectivity index (χ0) is 31.8. The highest BCUT2D eigenvalue weighted by atomic mass is 16.2. The van der Waals surface area contributed by atoms with Crippen LogP contribution in [0.1, 0.15) is 59.5 Å². The number of carbonyl (C=O) groups excluding carboxylic acids is 4. The summed E-state index contributed by atoms with van der Waals surface area (Å²) in [7, 11) is 0. The molecule has 2 fully saturated rings. The predicted octanol–water partition coefficient (Wildman–Crippen LogP) is 1.56. The zero-order valence-electron chi connectivity index (χ0n) is 25.2. The third kappa shape index (κ3) is 8.14. The molecule has 3 heterocycles. The maximum absolute atomic E-state index is 13.6. The van der Waals surface area contributed by atoms with Gasteiger partial charge in [-0.2, -0.15) is 0 Å². The Balaban J connectivity index is 1.22. The van der Waals surface area contributed by atoms with E-state index in [0.717, 1.165) is 16.8 Å². The predicted molar refractivity (Wildman–Crippen MR) is 169 cm³/mol. The second-order valence-electron chi connectivity index (χ2n) is 11.6. The van der Waals surface area contributed by atoms with Crippen LogP contribution >= 0.6 is 0 Å². The van der Waals surface area contributed by atoms with E-state index in [1.807, 2.05) is 60.7 Å². The fraction of sp³-hybridized carbons (Fsp3) is 0.394. The lowest BCUT2D eigenvalue weighted by Gasteiger charge is -2.39. The highest BCUT2D eigenvalue weighted by molar-refractivity contribution is 6.00. The topological polar surface area (TPSA) is 180 Å². The van der Waals surface area contributed by atoms with Gasteiger partial charge in [0, 0.05) is 37.8 Å². The van der Waals surface area contributed by atoms with E-state index in [2.05, 4.69) is 20.3 Å². The molecule has 45 heavy (non-hydrogen) atoms. The summed E-state index contributed by atoms with van der Waals surface area (Å²) in [4.78, 5) is 68.1. The number of hydrogen-bond donors (Lipinski definition) is 4. The number of aliphatic imine (C=N–C) groups is 1. The third-order valence-corrected chi connectivity index (χ3v) is 8.35. The minimum atomic E-state index is -0.891. The molecule has 1 aromatic heterocycles. The molecule has 12 nitrogen and oxygen atoms in total. The summed E-state index contributed by atoms with van der Waals surface area (Å²) in [6, 6.07) is 17.7. The van der Waals surface area contributed by atoms with Gasteiger partial charge >= 0.3 is 0 Å². The average Bonchev–Trinajstić information content (AvgIpc) is 3.69. The summed E-state index contributed by atoms with van der Waals surface area (Å²) in [6.07, 6.45) is 4.89. The Labute approximate surface area is 262 Å². The lowest BCUT2D eigenvalue weighted by atomic mass is 10.0. The van der Waals surface area contributed by atoms with Crippen LogP contribution < -0.4 is 16.8 Å². The number of imidazole rings is 1. The number of aryl methyl sites for hydroxylation is 1. The SMILES string of the molecule is NC(N)=NCCCC(NC(=O)C1CC[C@H]2CN(C(=O)CCc3ccccc3)CC(=O)N12)C(=O)c1ncc(Cc2ccccc2)[nH]1. The van der Waals surface area contributed by atoms with Crippen LogP contribution in [0.3, 0.4) is 0 Å². The van der Waals surface area contributed by atoms with Crippen LogP contribution in [0.25, 0.3) is 0 Å². The summed E-state index contributed by atoms with van der Waals surface area (Å²) in [5, 5.41) is 2.90. The van der Waals surface area contributed by atoms with E-state index in [9.17, 15) is 19.2 Å². The van der Waals surface area contributed by atoms with Crippen LogP contribution in [0.2, 0.25) is 0 Å². The van der Waals surface area contributed by atoms with Crippen LogP contribution in [-0.2, 0) is 27.2 Å².